The van der Waals surface area contributed by atoms with E-state index < -0.39 is 5.95 Å². The minimum Gasteiger partial charge on any atom is -0.462 e. The van der Waals surface area contributed by atoms with E-state index in [-0.39, 0.29) is 18.0 Å². The van der Waals surface area contributed by atoms with Gasteiger partial charge >= 0.3 is 11.9 Å². The quantitative estimate of drug-likeness (QED) is 0.256. The van der Waals surface area contributed by atoms with Crippen LogP contribution in [0, 0.1) is 24.3 Å². The fourth-order valence-electron chi connectivity index (χ4n) is 3.91. The highest BCUT2D eigenvalue weighted by Gasteiger charge is 2.29. The average molecular weight is 347 g/mol. The Labute approximate surface area is 151 Å². The standard InChI is InChI=1S/C21H30FNO2/c1-16-8-12-18(13-9-16)21(24)25-19-14-10-17(11-15-19)6-4-3-5-7-20(22)23-2/h3,5,7,16-19H,4,6,8-15H2,1H3/b5-3+,20-7-. The van der Waals surface area contributed by atoms with Crippen LogP contribution in [-0.4, -0.2) is 12.1 Å². The number of halogens is 1. The van der Waals surface area contributed by atoms with E-state index in [1.165, 1.54) is 6.08 Å². The summed E-state index contributed by atoms with van der Waals surface area (Å²) in [7, 11) is 0. The third kappa shape index (κ3) is 7.02. The number of rotatable bonds is 6. The highest BCUT2D eigenvalue weighted by atomic mass is 19.1. The van der Waals surface area contributed by atoms with Gasteiger partial charge in [0.2, 0.25) is 0 Å². The Morgan fingerprint density at radius 2 is 1.84 bits per heavy atom. The predicted octanol–water partition coefficient (Wildman–Crippen LogP) is 5.98. The summed E-state index contributed by atoms with van der Waals surface area (Å²) < 4.78 is 18.4. The van der Waals surface area contributed by atoms with E-state index in [1.807, 2.05) is 6.08 Å². The van der Waals surface area contributed by atoms with E-state index in [2.05, 4.69) is 11.8 Å². The van der Waals surface area contributed by atoms with Crippen molar-refractivity contribution in [3.63, 3.8) is 0 Å². The first-order valence-corrected chi connectivity index (χ1v) is 9.68. The lowest BCUT2D eigenvalue weighted by Crippen LogP contribution is -2.29. The fraction of sp³-hybridized carbons (Fsp3) is 0.714. The maximum atomic E-state index is 12.6. The number of carbonyl (C=O) groups is 1. The maximum Gasteiger partial charge on any atom is 0.330 e. The zero-order valence-electron chi connectivity index (χ0n) is 15.3. The second kappa shape index (κ2) is 10.4. The summed E-state index contributed by atoms with van der Waals surface area (Å²) >= 11 is 0. The molecule has 0 heterocycles. The van der Waals surface area contributed by atoms with Gasteiger partial charge in [-0.2, -0.15) is 0 Å². The van der Waals surface area contributed by atoms with Gasteiger partial charge in [0, 0.05) is 0 Å². The number of esters is 1. The summed E-state index contributed by atoms with van der Waals surface area (Å²) in [5.41, 5.74) is 0. The molecule has 0 spiro atoms. The Balaban J connectivity index is 1.61. The Hall–Kier alpha value is -1.63. The molecule has 0 unspecified atom stereocenters. The average Bonchev–Trinajstić information content (AvgIpc) is 2.63. The number of hydrogen-bond acceptors (Lipinski definition) is 2. The molecule has 4 heteroatoms. The van der Waals surface area contributed by atoms with Gasteiger partial charge in [-0.1, -0.05) is 19.1 Å². The van der Waals surface area contributed by atoms with Crippen molar-refractivity contribution in [2.75, 3.05) is 0 Å². The van der Waals surface area contributed by atoms with E-state index >= 15 is 0 Å². The molecule has 2 saturated carbocycles. The lowest BCUT2D eigenvalue weighted by molar-refractivity contribution is -0.157. The molecule has 0 saturated heterocycles. The molecule has 2 aliphatic rings. The fourth-order valence-corrected chi connectivity index (χ4v) is 3.91. The predicted molar refractivity (Wildman–Crippen MR) is 97.1 cm³/mol. The van der Waals surface area contributed by atoms with Crippen LogP contribution in [-0.2, 0) is 9.53 Å². The smallest absolute Gasteiger partial charge is 0.330 e. The van der Waals surface area contributed by atoms with Crippen LogP contribution in [0.2, 0.25) is 0 Å². The van der Waals surface area contributed by atoms with Crippen LogP contribution in [0.3, 0.4) is 0 Å². The second-order valence-corrected chi connectivity index (χ2v) is 7.64. The van der Waals surface area contributed by atoms with Crippen LogP contribution >= 0.6 is 0 Å². The van der Waals surface area contributed by atoms with Crippen LogP contribution in [0.25, 0.3) is 4.85 Å². The lowest BCUT2D eigenvalue weighted by Gasteiger charge is -2.31. The summed E-state index contributed by atoms with van der Waals surface area (Å²) in [4.78, 5) is 15.0. The van der Waals surface area contributed by atoms with Gasteiger partial charge in [0.1, 0.15) is 6.10 Å². The third-order valence-corrected chi connectivity index (χ3v) is 5.64. The SMILES string of the molecule is [C-]#[N+]/C(F)=C\C=C\CCC1CCC(OC(=O)C2CCC(C)CC2)CC1. The van der Waals surface area contributed by atoms with Crippen molar-refractivity contribution in [2.24, 2.45) is 17.8 Å². The molecular formula is C21H30FNO2. The van der Waals surface area contributed by atoms with E-state index in [4.69, 9.17) is 11.3 Å². The number of allylic oxidation sites excluding steroid dienone is 3. The monoisotopic (exact) mass is 347 g/mol. The zero-order chi connectivity index (χ0) is 18.1. The summed E-state index contributed by atoms with van der Waals surface area (Å²) in [5.74, 6) is 0.799. The van der Waals surface area contributed by atoms with Gasteiger partial charge < -0.3 is 4.74 Å². The number of carbonyl (C=O) groups excluding carboxylic acids is 1. The van der Waals surface area contributed by atoms with Gasteiger partial charge in [0.25, 0.3) is 0 Å². The molecule has 0 atom stereocenters. The van der Waals surface area contributed by atoms with Crippen molar-refractivity contribution in [3.05, 3.63) is 35.6 Å². The third-order valence-electron chi connectivity index (χ3n) is 5.64. The normalized spacial score (nSPS) is 30.8. The minimum atomic E-state index is -0.772. The molecule has 0 aromatic rings. The van der Waals surface area contributed by atoms with Crippen LogP contribution in [0.4, 0.5) is 4.39 Å². The van der Waals surface area contributed by atoms with Crippen molar-refractivity contribution in [2.45, 2.75) is 77.2 Å². The van der Waals surface area contributed by atoms with Crippen LogP contribution in [0.1, 0.15) is 71.1 Å². The van der Waals surface area contributed by atoms with Gasteiger partial charge in [-0.05, 0) is 82.1 Å². The summed E-state index contributed by atoms with van der Waals surface area (Å²) in [6, 6.07) is 0. The molecule has 0 aromatic carbocycles. The Bertz CT molecular complexity index is 519. The lowest BCUT2D eigenvalue weighted by atomic mass is 9.82. The van der Waals surface area contributed by atoms with E-state index in [0.717, 1.165) is 70.1 Å². The summed E-state index contributed by atoms with van der Waals surface area (Å²) in [5, 5.41) is 0. The van der Waals surface area contributed by atoms with Gasteiger partial charge in [-0.25, -0.2) is 9.24 Å². The molecule has 0 aliphatic heterocycles. The zero-order valence-corrected chi connectivity index (χ0v) is 15.3. The molecule has 0 N–H and O–H groups in total. The maximum absolute atomic E-state index is 12.6. The van der Waals surface area contributed by atoms with Crippen LogP contribution in [0.15, 0.2) is 24.2 Å². The molecule has 0 bridgehead atoms. The Morgan fingerprint density at radius 3 is 2.48 bits per heavy atom. The second-order valence-electron chi connectivity index (χ2n) is 7.64. The highest BCUT2D eigenvalue weighted by Crippen LogP contribution is 2.33. The highest BCUT2D eigenvalue weighted by molar-refractivity contribution is 5.72. The first-order valence-electron chi connectivity index (χ1n) is 9.68. The largest absolute Gasteiger partial charge is 0.462 e. The molecule has 25 heavy (non-hydrogen) atoms. The van der Waals surface area contributed by atoms with E-state index in [9.17, 15) is 9.18 Å². The Kier molecular flexibility index (Phi) is 8.18. The van der Waals surface area contributed by atoms with Gasteiger partial charge in [-0.3, -0.25) is 4.79 Å². The molecule has 0 radical (unpaired) electrons. The van der Waals surface area contributed by atoms with Crippen LogP contribution in [0.5, 0.6) is 0 Å². The topological polar surface area (TPSA) is 30.7 Å². The molecule has 0 amide bonds. The molecule has 3 nitrogen and oxygen atoms in total. The molecular weight excluding hydrogens is 317 g/mol. The van der Waals surface area contributed by atoms with Crippen molar-refractivity contribution in [1.29, 1.82) is 0 Å². The molecule has 2 aliphatic carbocycles. The molecule has 0 aromatic heterocycles. The first-order chi connectivity index (χ1) is 12.1. The minimum absolute atomic E-state index is 0.0342. The van der Waals surface area contributed by atoms with Crippen LogP contribution < -0.4 is 0 Å². The van der Waals surface area contributed by atoms with Gasteiger partial charge in [0.15, 0.2) is 0 Å². The summed E-state index contributed by atoms with van der Waals surface area (Å²) in [6.07, 6.45) is 15.2. The summed E-state index contributed by atoms with van der Waals surface area (Å²) in [6.45, 7) is 8.76. The number of hydrogen-bond donors (Lipinski definition) is 0. The van der Waals surface area contributed by atoms with Crippen molar-refractivity contribution < 1.29 is 13.9 Å². The molecule has 138 valence electrons. The first kappa shape index (κ1) is 19.7. The molecule has 2 rings (SSSR count). The molecule has 2 fully saturated rings. The van der Waals surface area contributed by atoms with Gasteiger partial charge in [-0.15, -0.1) is 0 Å². The van der Waals surface area contributed by atoms with Gasteiger partial charge in [0.05, 0.1) is 12.5 Å². The van der Waals surface area contributed by atoms with Crippen molar-refractivity contribution in [1.82, 2.24) is 0 Å². The van der Waals surface area contributed by atoms with Crippen molar-refractivity contribution in [3.8, 4) is 0 Å². The van der Waals surface area contributed by atoms with E-state index in [1.54, 1.807) is 6.08 Å². The van der Waals surface area contributed by atoms with E-state index in [0.29, 0.717) is 5.92 Å². The number of nitrogens with zero attached hydrogens (tertiary/aromatic N) is 1. The number of ether oxygens (including phenoxy) is 1. The Morgan fingerprint density at radius 1 is 1.16 bits per heavy atom. The van der Waals surface area contributed by atoms with Crippen molar-refractivity contribution >= 4 is 5.97 Å².